The number of hydrogen-bond acceptors (Lipinski definition) is 5. The molecule has 6 nitrogen and oxygen atoms in total. The molecular formula is C28H30N2O4. The fourth-order valence-corrected chi connectivity index (χ4v) is 4.13. The molecule has 0 aliphatic carbocycles. The number of Topliss-reactive ketones (excluding diaryl/α,β-unsaturated/α-hetero) is 1. The Morgan fingerprint density at radius 1 is 0.971 bits per heavy atom. The summed E-state index contributed by atoms with van der Waals surface area (Å²) >= 11 is 0. The van der Waals surface area contributed by atoms with Crippen LogP contribution >= 0.6 is 0 Å². The number of fused-ring (bicyclic) bond motifs is 1. The van der Waals surface area contributed by atoms with Crippen molar-refractivity contribution in [2.24, 2.45) is 0 Å². The summed E-state index contributed by atoms with van der Waals surface area (Å²) in [6.07, 6.45) is -0.555. The molecular weight excluding hydrogens is 428 g/mol. The van der Waals surface area contributed by atoms with Crippen molar-refractivity contribution in [1.82, 2.24) is 9.97 Å². The van der Waals surface area contributed by atoms with E-state index in [1.54, 1.807) is 0 Å². The van der Waals surface area contributed by atoms with E-state index in [-0.39, 0.29) is 19.0 Å². The smallest absolute Gasteiger partial charge is 0.167 e. The number of aromatic amines is 1. The van der Waals surface area contributed by atoms with Crippen LogP contribution in [0, 0.1) is 27.7 Å². The molecule has 0 aliphatic heterocycles. The lowest BCUT2D eigenvalue weighted by atomic mass is 9.99. The van der Waals surface area contributed by atoms with E-state index >= 15 is 0 Å². The normalized spacial score (nSPS) is 12.2. The van der Waals surface area contributed by atoms with E-state index in [0.717, 1.165) is 39.1 Å². The number of aliphatic hydroxyl groups excluding tert-OH is 2. The van der Waals surface area contributed by atoms with E-state index in [1.807, 2.05) is 50.2 Å². The van der Waals surface area contributed by atoms with E-state index in [2.05, 4.69) is 31.0 Å². The first-order chi connectivity index (χ1) is 16.2. The molecule has 0 fully saturated rings. The van der Waals surface area contributed by atoms with Crippen molar-refractivity contribution in [1.29, 1.82) is 0 Å². The molecule has 1 aromatic heterocycles. The average Bonchev–Trinajstić information content (AvgIpc) is 3.22. The third-order valence-corrected chi connectivity index (χ3v) is 6.14. The fraction of sp³-hybridized carbons (Fsp3) is 0.286. The van der Waals surface area contributed by atoms with E-state index < -0.39 is 6.10 Å². The third kappa shape index (κ3) is 5.03. The summed E-state index contributed by atoms with van der Waals surface area (Å²) in [6.45, 7) is 7.76. The number of ether oxygens (including phenoxy) is 1. The van der Waals surface area contributed by atoms with Gasteiger partial charge in [0.25, 0.3) is 0 Å². The van der Waals surface area contributed by atoms with Gasteiger partial charge in [-0.3, -0.25) is 4.79 Å². The second-order valence-corrected chi connectivity index (χ2v) is 8.92. The monoisotopic (exact) mass is 458 g/mol. The highest BCUT2D eigenvalue weighted by Crippen LogP contribution is 2.31. The number of carbonyl (C=O) groups excluding carboxylic acids is 1. The third-order valence-electron chi connectivity index (χ3n) is 6.14. The maximum atomic E-state index is 12.9. The van der Waals surface area contributed by atoms with E-state index in [9.17, 15) is 9.90 Å². The molecule has 3 aromatic carbocycles. The number of nitrogens with zero attached hydrogens (tertiary/aromatic N) is 1. The molecule has 4 aromatic rings. The highest BCUT2D eigenvalue weighted by atomic mass is 16.5. The van der Waals surface area contributed by atoms with Crippen LogP contribution in [0.3, 0.4) is 0 Å². The summed E-state index contributed by atoms with van der Waals surface area (Å²) in [5, 5.41) is 18.5. The van der Waals surface area contributed by atoms with Gasteiger partial charge < -0.3 is 19.9 Å². The van der Waals surface area contributed by atoms with Gasteiger partial charge >= 0.3 is 0 Å². The molecule has 0 unspecified atom stereocenters. The lowest BCUT2D eigenvalue weighted by molar-refractivity contribution is 0.0536. The SMILES string of the molecule is Cc1ccc(CC(=O)c2ccc3nc(-c4c(C)cc(OC[C@@H](O)CO)cc4C)[nH]c3c2)cc1C. The summed E-state index contributed by atoms with van der Waals surface area (Å²) in [5.41, 5.74) is 8.58. The van der Waals surface area contributed by atoms with Crippen LogP contribution < -0.4 is 4.74 Å². The van der Waals surface area contributed by atoms with Gasteiger partial charge in [0, 0.05) is 17.5 Å². The number of rotatable bonds is 8. The predicted octanol–water partition coefficient (Wildman–Crippen LogP) is 4.62. The van der Waals surface area contributed by atoms with Gasteiger partial charge in [-0.2, -0.15) is 0 Å². The molecule has 0 amide bonds. The van der Waals surface area contributed by atoms with Crippen molar-refractivity contribution in [3.8, 4) is 17.1 Å². The number of aliphatic hydroxyl groups is 2. The Morgan fingerprint density at radius 3 is 2.38 bits per heavy atom. The first-order valence-corrected chi connectivity index (χ1v) is 11.4. The van der Waals surface area contributed by atoms with Crippen LogP contribution in [0.4, 0.5) is 0 Å². The van der Waals surface area contributed by atoms with Crippen molar-refractivity contribution < 1.29 is 19.7 Å². The summed E-state index contributed by atoms with van der Waals surface area (Å²) in [4.78, 5) is 21.0. The first-order valence-electron chi connectivity index (χ1n) is 11.4. The van der Waals surface area contributed by atoms with Gasteiger partial charge in [-0.15, -0.1) is 0 Å². The Morgan fingerprint density at radius 2 is 1.71 bits per heavy atom. The molecule has 0 saturated carbocycles. The van der Waals surface area contributed by atoms with E-state index in [4.69, 9.17) is 14.8 Å². The highest BCUT2D eigenvalue weighted by Gasteiger charge is 2.15. The summed E-state index contributed by atoms with van der Waals surface area (Å²) in [7, 11) is 0. The van der Waals surface area contributed by atoms with E-state index in [1.165, 1.54) is 11.1 Å². The Hall–Kier alpha value is -3.48. The summed E-state index contributed by atoms with van der Waals surface area (Å²) in [6, 6.07) is 15.5. The lowest BCUT2D eigenvalue weighted by Crippen LogP contribution is -2.21. The Kier molecular flexibility index (Phi) is 6.82. The van der Waals surface area contributed by atoms with Gasteiger partial charge in [0.2, 0.25) is 0 Å². The van der Waals surface area contributed by atoms with Crippen molar-refractivity contribution in [2.45, 2.75) is 40.2 Å². The largest absolute Gasteiger partial charge is 0.491 e. The van der Waals surface area contributed by atoms with Gasteiger partial charge in [0.15, 0.2) is 5.78 Å². The molecule has 0 radical (unpaired) electrons. The van der Waals surface area contributed by atoms with E-state index in [0.29, 0.717) is 17.7 Å². The number of hydrogen-bond donors (Lipinski definition) is 3. The van der Waals surface area contributed by atoms with Crippen LogP contribution in [0.1, 0.15) is 38.2 Å². The molecule has 34 heavy (non-hydrogen) atoms. The molecule has 6 heteroatoms. The zero-order valence-corrected chi connectivity index (χ0v) is 20.0. The molecule has 0 aliphatic rings. The van der Waals surface area contributed by atoms with Crippen LogP contribution in [0.5, 0.6) is 5.75 Å². The van der Waals surface area contributed by atoms with Gasteiger partial charge in [0.05, 0.1) is 17.6 Å². The molecule has 0 spiro atoms. The van der Waals surface area contributed by atoms with Crippen molar-refractivity contribution in [2.75, 3.05) is 13.2 Å². The second kappa shape index (κ2) is 9.79. The number of imidazole rings is 1. The Bertz CT molecular complexity index is 1330. The van der Waals surface area contributed by atoms with Crippen molar-refractivity contribution in [3.05, 3.63) is 81.9 Å². The number of aryl methyl sites for hydroxylation is 4. The molecule has 1 atom stereocenters. The average molecular weight is 459 g/mol. The topological polar surface area (TPSA) is 95.4 Å². The minimum Gasteiger partial charge on any atom is -0.491 e. The number of nitrogens with one attached hydrogen (secondary N) is 1. The maximum Gasteiger partial charge on any atom is 0.167 e. The van der Waals surface area contributed by atoms with Crippen molar-refractivity contribution in [3.63, 3.8) is 0 Å². The maximum absolute atomic E-state index is 12.9. The minimum atomic E-state index is -0.914. The Balaban J connectivity index is 1.58. The molecule has 176 valence electrons. The van der Waals surface area contributed by atoms with Crippen molar-refractivity contribution >= 4 is 16.8 Å². The molecule has 3 N–H and O–H groups in total. The molecule has 1 heterocycles. The minimum absolute atomic E-state index is 0.0261. The quantitative estimate of drug-likeness (QED) is 0.335. The lowest BCUT2D eigenvalue weighted by Gasteiger charge is -2.14. The number of benzene rings is 3. The summed E-state index contributed by atoms with van der Waals surface area (Å²) in [5.74, 6) is 1.42. The van der Waals surface area contributed by atoms with Crippen LogP contribution in [0.15, 0.2) is 48.5 Å². The summed E-state index contributed by atoms with van der Waals surface area (Å²) < 4.78 is 5.60. The van der Waals surface area contributed by atoms with Crippen LogP contribution in [0.2, 0.25) is 0 Å². The van der Waals surface area contributed by atoms with Crippen LogP contribution in [-0.4, -0.2) is 45.3 Å². The first kappa shape index (κ1) is 23.7. The Labute approximate surface area is 199 Å². The zero-order valence-electron chi connectivity index (χ0n) is 20.0. The van der Waals surface area contributed by atoms with Gasteiger partial charge in [-0.1, -0.05) is 18.2 Å². The predicted molar refractivity (Wildman–Crippen MR) is 134 cm³/mol. The number of aromatic nitrogens is 2. The van der Waals surface area contributed by atoms with Crippen LogP contribution in [-0.2, 0) is 6.42 Å². The number of ketones is 1. The standard InChI is InChI=1S/C28H30N2O4/c1-16-5-6-20(9-17(16)2)12-26(33)21-7-8-24-25(13-21)30-28(29-24)27-18(3)10-23(11-19(27)4)34-15-22(32)14-31/h5-11,13,22,31-32H,12,14-15H2,1-4H3,(H,29,30)/t22-/m0/s1. The van der Waals surface area contributed by atoms with Crippen LogP contribution in [0.25, 0.3) is 22.4 Å². The zero-order chi connectivity index (χ0) is 24.4. The highest BCUT2D eigenvalue weighted by molar-refractivity contribution is 6.00. The van der Waals surface area contributed by atoms with Gasteiger partial charge in [-0.05, 0) is 85.8 Å². The second-order valence-electron chi connectivity index (χ2n) is 8.92. The van der Waals surface area contributed by atoms with Gasteiger partial charge in [0.1, 0.15) is 24.3 Å². The molecule has 0 bridgehead atoms. The molecule has 4 rings (SSSR count). The number of carbonyl (C=O) groups is 1. The fourth-order valence-electron chi connectivity index (χ4n) is 4.13. The molecule has 0 saturated heterocycles. The van der Waals surface area contributed by atoms with Gasteiger partial charge in [-0.25, -0.2) is 4.98 Å². The number of H-pyrrole nitrogens is 1.